The number of rotatable bonds is 3. The molecule has 1 saturated heterocycles. The van der Waals surface area contributed by atoms with Crippen LogP contribution < -0.4 is 0 Å². The van der Waals surface area contributed by atoms with E-state index >= 15 is 0 Å². The topological polar surface area (TPSA) is 45.3 Å². The van der Waals surface area contributed by atoms with Crippen molar-refractivity contribution in [2.45, 2.75) is 24.8 Å². The summed E-state index contributed by atoms with van der Waals surface area (Å²) in [6, 6.07) is 6.90. The Balaban J connectivity index is 1.79. The largest absolute Gasteiger partial charge is 0.469 e. The van der Waals surface area contributed by atoms with Crippen LogP contribution in [0.5, 0.6) is 0 Å². The number of ether oxygens (including phenoxy) is 1. The second-order valence-corrected chi connectivity index (χ2v) is 6.66. The Hall–Kier alpha value is -2.07. The smallest absolute Gasteiger partial charge is 0.309 e. The molecule has 4 heteroatoms. The number of hydrogen-bond donors (Lipinski definition) is 1. The lowest BCUT2D eigenvalue weighted by Gasteiger charge is -2.46. The van der Waals surface area contributed by atoms with Crippen LogP contribution in [0, 0.1) is 5.92 Å². The van der Waals surface area contributed by atoms with E-state index < -0.39 is 0 Å². The lowest BCUT2D eigenvalue weighted by molar-refractivity contribution is -0.148. The van der Waals surface area contributed by atoms with Crippen molar-refractivity contribution in [3.05, 3.63) is 48.2 Å². The minimum Gasteiger partial charge on any atom is -0.469 e. The number of carbonyl (C=O) groups excluding carboxylic acids is 1. The zero-order valence-corrected chi connectivity index (χ0v) is 13.4. The van der Waals surface area contributed by atoms with Gasteiger partial charge in [-0.25, -0.2) is 0 Å². The lowest BCUT2D eigenvalue weighted by Crippen LogP contribution is -2.51. The summed E-state index contributed by atoms with van der Waals surface area (Å²) >= 11 is 0. The minimum absolute atomic E-state index is 0.0584. The molecule has 0 amide bonds. The zero-order chi connectivity index (χ0) is 16.0. The van der Waals surface area contributed by atoms with E-state index in [1.807, 2.05) is 6.08 Å². The SMILES string of the molecule is C=CCN1CC(C(=O)OC)C[C@@H]2c3cccc4[nH]cc(c34)C[C@H]21. The van der Waals surface area contributed by atoms with Crippen LogP contribution in [0.15, 0.2) is 37.1 Å². The highest BCUT2D eigenvalue weighted by molar-refractivity contribution is 5.88. The average molecular weight is 310 g/mol. The first-order valence-electron chi connectivity index (χ1n) is 8.24. The lowest BCUT2D eigenvalue weighted by atomic mass is 9.72. The van der Waals surface area contributed by atoms with Gasteiger partial charge in [0.2, 0.25) is 0 Å². The van der Waals surface area contributed by atoms with E-state index in [0.717, 1.165) is 25.9 Å². The third-order valence-electron chi connectivity index (χ3n) is 5.47. The number of hydrogen-bond acceptors (Lipinski definition) is 3. The Morgan fingerprint density at radius 3 is 3.17 bits per heavy atom. The van der Waals surface area contributed by atoms with Crippen molar-refractivity contribution in [3.8, 4) is 0 Å². The molecule has 0 radical (unpaired) electrons. The molecule has 1 aliphatic carbocycles. The molecular weight excluding hydrogens is 288 g/mol. The molecule has 2 aliphatic rings. The molecule has 2 heterocycles. The summed E-state index contributed by atoms with van der Waals surface area (Å²) in [4.78, 5) is 17.9. The molecule has 23 heavy (non-hydrogen) atoms. The Morgan fingerprint density at radius 2 is 2.39 bits per heavy atom. The highest BCUT2D eigenvalue weighted by atomic mass is 16.5. The molecule has 0 bridgehead atoms. The third kappa shape index (κ3) is 2.20. The predicted molar refractivity (Wildman–Crippen MR) is 90.4 cm³/mol. The van der Waals surface area contributed by atoms with Gasteiger partial charge in [0.05, 0.1) is 13.0 Å². The molecule has 120 valence electrons. The number of aromatic nitrogens is 1. The summed E-state index contributed by atoms with van der Waals surface area (Å²) in [6.07, 6.45) is 5.98. The highest BCUT2D eigenvalue weighted by Gasteiger charge is 2.42. The van der Waals surface area contributed by atoms with Gasteiger partial charge in [-0.1, -0.05) is 18.2 Å². The van der Waals surface area contributed by atoms with Gasteiger partial charge in [0, 0.05) is 42.1 Å². The summed E-state index contributed by atoms with van der Waals surface area (Å²) in [5.41, 5.74) is 3.96. The molecule has 4 nitrogen and oxygen atoms in total. The Bertz CT molecular complexity index is 764. The zero-order valence-electron chi connectivity index (χ0n) is 13.4. The van der Waals surface area contributed by atoms with Gasteiger partial charge < -0.3 is 9.72 Å². The van der Waals surface area contributed by atoms with Crippen LogP contribution in [-0.4, -0.2) is 42.1 Å². The van der Waals surface area contributed by atoms with Crippen LogP contribution in [0.4, 0.5) is 0 Å². The summed E-state index contributed by atoms with van der Waals surface area (Å²) < 4.78 is 5.03. The highest BCUT2D eigenvalue weighted by Crippen LogP contribution is 2.44. The molecule has 1 N–H and O–H groups in total. The number of carbonyl (C=O) groups is 1. The summed E-state index contributed by atoms with van der Waals surface area (Å²) in [6.45, 7) is 5.46. The van der Waals surface area contributed by atoms with E-state index in [0.29, 0.717) is 12.0 Å². The fraction of sp³-hybridized carbons (Fsp3) is 0.421. The van der Waals surface area contributed by atoms with Crippen LogP contribution in [0.1, 0.15) is 23.5 Å². The van der Waals surface area contributed by atoms with E-state index in [-0.39, 0.29) is 11.9 Å². The number of nitrogens with one attached hydrogen (secondary N) is 1. The first kappa shape index (κ1) is 14.5. The number of methoxy groups -OCH3 is 1. The molecule has 1 unspecified atom stereocenters. The molecule has 0 saturated carbocycles. The van der Waals surface area contributed by atoms with E-state index in [2.05, 4.69) is 40.9 Å². The van der Waals surface area contributed by atoms with Crippen molar-refractivity contribution in [1.29, 1.82) is 0 Å². The van der Waals surface area contributed by atoms with Crippen LogP contribution in [0.2, 0.25) is 0 Å². The summed E-state index contributed by atoms with van der Waals surface area (Å²) in [5.74, 6) is 0.223. The van der Waals surface area contributed by atoms with Gasteiger partial charge in [-0.2, -0.15) is 0 Å². The summed E-state index contributed by atoms with van der Waals surface area (Å²) in [5, 5.41) is 1.36. The van der Waals surface area contributed by atoms with Crippen LogP contribution >= 0.6 is 0 Å². The van der Waals surface area contributed by atoms with Crippen molar-refractivity contribution in [1.82, 2.24) is 9.88 Å². The van der Waals surface area contributed by atoms with Crippen molar-refractivity contribution in [3.63, 3.8) is 0 Å². The monoisotopic (exact) mass is 310 g/mol. The second-order valence-electron chi connectivity index (χ2n) is 6.66. The van der Waals surface area contributed by atoms with Crippen LogP contribution in [-0.2, 0) is 16.0 Å². The molecular formula is C19H22N2O2. The van der Waals surface area contributed by atoms with Crippen LogP contribution in [0.3, 0.4) is 0 Å². The normalized spacial score (nSPS) is 26.7. The number of aromatic amines is 1. The van der Waals surface area contributed by atoms with Gasteiger partial charge in [0.1, 0.15) is 0 Å². The fourth-order valence-electron chi connectivity index (χ4n) is 4.51. The molecule has 1 aromatic carbocycles. The maximum Gasteiger partial charge on any atom is 0.309 e. The van der Waals surface area contributed by atoms with Gasteiger partial charge in [-0.15, -0.1) is 6.58 Å². The number of likely N-dealkylation sites (tertiary alicyclic amines) is 1. The Kier molecular flexibility index (Phi) is 3.49. The standard InChI is InChI=1S/C19H22N2O2/c1-3-7-21-11-13(19(22)23-2)8-15-14-5-4-6-16-18(14)12(10-20-16)9-17(15)21/h3-6,10,13,15,17,20H,1,7-9,11H2,2H3/t13?,15-,17-/m1/s1. The van der Waals surface area contributed by atoms with Gasteiger partial charge in [0.25, 0.3) is 0 Å². The van der Waals surface area contributed by atoms with E-state index in [9.17, 15) is 4.79 Å². The molecule has 1 aromatic heterocycles. The molecule has 1 fully saturated rings. The quantitative estimate of drug-likeness (QED) is 0.700. The average Bonchev–Trinajstić information content (AvgIpc) is 2.99. The van der Waals surface area contributed by atoms with Crippen molar-refractivity contribution in [2.75, 3.05) is 20.2 Å². The minimum atomic E-state index is -0.0930. The second kappa shape index (κ2) is 5.53. The van der Waals surface area contributed by atoms with Crippen molar-refractivity contribution in [2.24, 2.45) is 5.92 Å². The fourth-order valence-corrected chi connectivity index (χ4v) is 4.51. The molecule has 0 spiro atoms. The first-order valence-corrected chi connectivity index (χ1v) is 8.24. The van der Waals surface area contributed by atoms with Crippen molar-refractivity contribution >= 4 is 16.9 Å². The van der Waals surface area contributed by atoms with E-state index in [4.69, 9.17) is 4.74 Å². The number of fused-ring (bicyclic) bond motifs is 2. The van der Waals surface area contributed by atoms with Gasteiger partial charge >= 0.3 is 5.97 Å². The molecule has 4 rings (SSSR count). The van der Waals surface area contributed by atoms with E-state index in [1.54, 1.807) is 0 Å². The van der Waals surface area contributed by atoms with Gasteiger partial charge in [-0.05, 0) is 30.0 Å². The maximum absolute atomic E-state index is 12.1. The molecule has 3 atom stereocenters. The maximum atomic E-state index is 12.1. The first-order chi connectivity index (χ1) is 11.2. The molecule has 1 aliphatic heterocycles. The van der Waals surface area contributed by atoms with Gasteiger partial charge in [-0.3, -0.25) is 9.69 Å². The predicted octanol–water partition coefficient (Wildman–Crippen LogP) is 2.86. The number of esters is 1. The van der Waals surface area contributed by atoms with Crippen LogP contribution in [0.25, 0.3) is 10.9 Å². The summed E-state index contributed by atoms with van der Waals surface area (Å²) in [7, 11) is 1.48. The Morgan fingerprint density at radius 1 is 1.52 bits per heavy atom. The number of nitrogens with zero attached hydrogens (tertiary/aromatic N) is 1. The number of benzene rings is 1. The van der Waals surface area contributed by atoms with Crippen molar-refractivity contribution < 1.29 is 9.53 Å². The van der Waals surface area contributed by atoms with E-state index in [1.165, 1.54) is 29.1 Å². The Labute approximate surface area is 136 Å². The third-order valence-corrected chi connectivity index (χ3v) is 5.47. The number of H-pyrrole nitrogens is 1. The molecule has 2 aromatic rings. The number of piperidine rings is 1. The van der Waals surface area contributed by atoms with Gasteiger partial charge in [0.15, 0.2) is 0 Å².